The summed E-state index contributed by atoms with van der Waals surface area (Å²) in [7, 11) is 0. The Morgan fingerprint density at radius 1 is 1.07 bits per heavy atom. The maximum atomic E-state index is 11.4. The molecule has 1 aliphatic rings. The lowest BCUT2D eigenvalue weighted by atomic mass is 9.91. The van der Waals surface area contributed by atoms with Crippen molar-refractivity contribution in [3.63, 3.8) is 0 Å². The lowest BCUT2D eigenvalue weighted by Gasteiger charge is -2.37. The molecule has 3 rings (SSSR count). The van der Waals surface area contributed by atoms with Crippen molar-refractivity contribution in [3.8, 4) is 11.5 Å². The van der Waals surface area contributed by atoms with Crippen molar-refractivity contribution in [2.45, 2.75) is 32.7 Å². The number of nitrogens with zero attached hydrogens (tertiary/aromatic N) is 1. The minimum Gasteiger partial charge on any atom is -0.490 e. The maximum Gasteiger partial charge on any atom is 0.306 e. The first-order valence-corrected chi connectivity index (χ1v) is 10.9. The van der Waals surface area contributed by atoms with Crippen molar-refractivity contribution in [2.75, 3.05) is 26.3 Å². The minimum atomic E-state index is -0.691. The van der Waals surface area contributed by atoms with E-state index in [0.29, 0.717) is 26.1 Å². The number of benzene rings is 2. The first-order valence-electron chi connectivity index (χ1n) is 10.1. The summed E-state index contributed by atoms with van der Waals surface area (Å²) in [5.41, 5.74) is 2.28. The van der Waals surface area contributed by atoms with Crippen molar-refractivity contribution in [2.24, 2.45) is 5.92 Å². The highest BCUT2D eigenvalue weighted by molar-refractivity contribution is 9.10. The average molecular weight is 462 g/mol. The van der Waals surface area contributed by atoms with E-state index in [4.69, 9.17) is 9.47 Å². The van der Waals surface area contributed by atoms with Gasteiger partial charge >= 0.3 is 5.97 Å². The zero-order chi connectivity index (χ0) is 20.8. The number of carbonyl (C=O) groups is 1. The van der Waals surface area contributed by atoms with Gasteiger partial charge < -0.3 is 14.6 Å². The molecule has 0 aliphatic carbocycles. The van der Waals surface area contributed by atoms with Crippen LogP contribution in [0.25, 0.3) is 0 Å². The number of halogens is 1. The van der Waals surface area contributed by atoms with Gasteiger partial charge in [-0.25, -0.2) is 0 Å². The number of rotatable bonds is 8. The fraction of sp³-hybridized carbons (Fsp3) is 0.435. The molecular formula is C23H28BrNO4. The van der Waals surface area contributed by atoms with E-state index >= 15 is 0 Å². The fourth-order valence-electron chi connectivity index (χ4n) is 3.93. The topological polar surface area (TPSA) is 59.0 Å². The van der Waals surface area contributed by atoms with Crippen molar-refractivity contribution in [1.82, 2.24) is 4.90 Å². The molecule has 6 heteroatoms. The molecule has 2 aromatic carbocycles. The van der Waals surface area contributed by atoms with Gasteiger partial charge in [0.2, 0.25) is 0 Å². The van der Waals surface area contributed by atoms with E-state index in [1.165, 1.54) is 5.56 Å². The van der Waals surface area contributed by atoms with Crippen LogP contribution in [0.5, 0.6) is 11.5 Å². The molecule has 29 heavy (non-hydrogen) atoms. The third kappa shape index (κ3) is 5.31. The van der Waals surface area contributed by atoms with Crippen LogP contribution in [0.2, 0.25) is 0 Å². The summed E-state index contributed by atoms with van der Waals surface area (Å²) >= 11 is 3.59. The highest BCUT2D eigenvalue weighted by Gasteiger charge is 2.30. The third-order valence-electron chi connectivity index (χ3n) is 5.29. The van der Waals surface area contributed by atoms with Gasteiger partial charge in [-0.2, -0.15) is 0 Å². The molecular weight excluding hydrogens is 434 g/mol. The Balaban J connectivity index is 1.97. The van der Waals surface area contributed by atoms with Gasteiger partial charge in [-0.05, 0) is 75.2 Å². The SMILES string of the molecule is CCOc1ccc(C(c2cccc(Br)c2)N2CCC(C(=O)O)CC2)cc1OCC. The quantitative estimate of drug-likeness (QED) is 0.589. The fourth-order valence-corrected chi connectivity index (χ4v) is 4.35. The van der Waals surface area contributed by atoms with Crippen LogP contribution in [-0.4, -0.2) is 42.3 Å². The zero-order valence-electron chi connectivity index (χ0n) is 16.9. The normalized spacial score (nSPS) is 16.4. The lowest BCUT2D eigenvalue weighted by molar-refractivity contribution is -0.143. The Morgan fingerprint density at radius 2 is 1.72 bits per heavy atom. The summed E-state index contributed by atoms with van der Waals surface area (Å²) in [6, 6.07) is 14.4. The molecule has 1 N–H and O–H groups in total. The van der Waals surface area contributed by atoms with E-state index in [2.05, 4.69) is 45.1 Å². The summed E-state index contributed by atoms with van der Waals surface area (Å²) in [6.07, 6.45) is 1.32. The number of hydrogen-bond donors (Lipinski definition) is 1. The molecule has 2 aromatic rings. The standard InChI is InChI=1S/C23H28BrNO4/c1-3-28-20-9-8-18(15-21(20)29-4-2)22(17-6-5-7-19(24)14-17)25-12-10-16(11-13-25)23(26)27/h5-9,14-16,22H,3-4,10-13H2,1-2H3,(H,26,27). The van der Waals surface area contributed by atoms with Gasteiger partial charge in [0.15, 0.2) is 11.5 Å². The summed E-state index contributed by atoms with van der Waals surface area (Å²) in [5.74, 6) is 0.542. The van der Waals surface area contributed by atoms with Gasteiger partial charge in [0.1, 0.15) is 0 Å². The molecule has 1 heterocycles. The molecule has 1 saturated heterocycles. The van der Waals surface area contributed by atoms with Crippen LogP contribution in [0, 0.1) is 5.92 Å². The molecule has 0 saturated carbocycles. The third-order valence-corrected chi connectivity index (χ3v) is 5.78. The van der Waals surface area contributed by atoms with Gasteiger partial charge in [0, 0.05) is 4.47 Å². The highest BCUT2D eigenvalue weighted by atomic mass is 79.9. The molecule has 0 spiro atoms. The Bertz CT molecular complexity index is 833. The Labute approximate surface area is 180 Å². The predicted molar refractivity (Wildman–Crippen MR) is 117 cm³/mol. The molecule has 1 fully saturated rings. The van der Waals surface area contributed by atoms with Crippen LogP contribution in [0.15, 0.2) is 46.9 Å². The van der Waals surface area contributed by atoms with E-state index in [0.717, 1.165) is 34.6 Å². The molecule has 1 unspecified atom stereocenters. The predicted octanol–water partition coefficient (Wildman–Crippen LogP) is 5.13. The summed E-state index contributed by atoms with van der Waals surface area (Å²) in [6.45, 7) is 6.55. The minimum absolute atomic E-state index is 0.0251. The van der Waals surface area contributed by atoms with E-state index in [9.17, 15) is 9.90 Å². The molecule has 5 nitrogen and oxygen atoms in total. The van der Waals surface area contributed by atoms with Crippen molar-refractivity contribution in [3.05, 3.63) is 58.1 Å². The smallest absolute Gasteiger partial charge is 0.306 e. The highest BCUT2D eigenvalue weighted by Crippen LogP contribution is 2.38. The molecule has 1 atom stereocenters. The van der Waals surface area contributed by atoms with Gasteiger partial charge in [-0.15, -0.1) is 0 Å². The Hall–Kier alpha value is -2.05. The lowest BCUT2D eigenvalue weighted by Crippen LogP contribution is -2.39. The van der Waals surface area contributed by atoms with Crippen LogP contribution >= 0.6 is 15.9 Å². The van der Waals surface area contributed by atoms with Gasteiger partial charge in [0.05, 0.1) is 25.2 Å². The van der Waals surface area contributed by atoms with E-state index in [1.807, 2.05) is 32.0 Å². The molecule has 0 aromatic heterocycles. The van der Waals surface area contributed by atoms with E-state index in [-0.39, 0.29) is 12.0 Å². The first kappa shape index (κ1) is 21.7. The van der Waals surface area contributed by atoms with Crippen molar-refractivity contribution >= 4 is 21.9 Å². The molecule has 1 aliphatic heterocycles. The summed E-state index contributed by atoms with van der Waals surface area (Å²) < 4.78 is 12.6. The number of likely N-dealkylation sites (tertiary alicyclic amines) is 1. The second-order valence-corrected chi connectivity index (χ2v) is 8.09. The van der Waals surface area contributed by atoms with Crippen LogP contribution in [-0.2, 0) is 4.79 Å². The molecule has 156 valence electrons. The van der Waals surface area contributed by atoms with Gasteiger partial charge in [-0.3, -0.25) is 9.69 Å². The first-order chi connectivity index (χ1) is 14.0. The molecule has 0 bridgehead atoms. The van der Waals surface area contributed by atoms with Gasteiger partial charge in [-0.1, -0.05) is 34.1 Å². The van der Waals surface area contributed by atoms with Crippen molar-refractivity contribution < 1.29 is 19.4 Å². The number of carboxylic acid groups (broad SMARTS) is 1. The van der Waals surface area contributed by atoms with E-state index in [1.54, 1.807) is 0 Å². The summed E-state index contributed by atoms with van der Waals surface area (Å²) in [5, 5.41) is 9.35. The summed E-state index contributed by atoms with van der Waals surface area (Å²) in [4.78, 5) is 13.7. The monoisotopic (exact) mass is 461 g/mol. The average Bonchev–Trinajstić information content (AvgIpc) is 2.71. The van der Waals surface area contributed by atoms with Crippen LogP contribution in [0.3, 0.4) is 0 Å². The van der Waals surface area contributed by atoms with Crippen LogP contribution in [0.4, 0.5) is 0 Å². The van der Waals surface area contributed by atoms with Crippen LogP contribution in [0.1, 0.15) is 43.9 Å². The zero-order valence-corrected chi connectivity index (χ0v) is 18.5. The maximum absolute atomic E-state index is 11.4. The van der Waals surface area contributed by atoms with Crippen molar-refractivity contribution in [1.29, 1.82) is 0 Å². The van der Waals surface area contributed by atoms with E-state index < -0.39 is 5.97 Å². The Kier molecular flexibility index (Phi) is 7.56. The second kappa shape index (κ2) is 10.1. The number of carboxylic acids is 1. The molecule has 0 radical (unpaired) electrons. The Morgan fingerprint density at radius 3 is 2.34 bits per heavy atom. The molecule has 0 amide bonds. The number of ether oxygens (including phenoxy) is 2. The van der Waals surface area contributed by atoms with Gasteiger partial charge in [0.25, 0.3) is 0 Å². The largest absolute Gasteiger partial charge is 0.490 e. The number of aliphatic carboxylic acids is 1. The van der Waals surface area contributed by atoms with Crippen LogP contribution < -0.4 is 9.47 Å². The number of piperidine rings is 1. The number of hydrogen-bond acceptors (Lipinski definition) is 4. The second-order valence-electron chi connectivity index (χ2n) is 7.18.